The van der Waals surface area contributed by atoms with E-state index >= 15 is 0 Å². The third-order valence-electron chi connectivity index (χ3n) is 4.09. The molecule has 0 aliphatic heterocycles. The van der Waals surface area contributed by atoms with Gasteiger partial charge in [0.25, 0.3) is 0 Å². The number of hydrogen-bond acceptors (Lipinski definition) is 2. The van der Waals surface area contributed by atoms with Gasteiger partial charge in [0.15, 0.2) is 5.78 Å². The number of likely N-dealkylation sites (N-methyl/N-ethyl adjacent to an activating group) is 1. The van der Waals surface area contributed by atoms with Crippen LogP contribution in [0.2, 0.25) is 10.0 Å². The Hall–Kier alpha value is -0.570. The van der Waals surface area contributed by atoms with Gasteiger partial charge in [0.1, 0.15) is 0 Å². The van der Waals surface area contributed by atoms with E-state index < -0.39 is 0 Å². The number of benzene rings is 1. The lowest BCUT2D eigenvalue weighted by Gasteiger charge is -2.33. The van der Waals surface area contributed by atoms with Crippen molar-refractivity contribution in [3.8, 4) is 0 Å². The van der Waals surface area contributed by atoms with Gasteiger partial charge in [-0.3, -0.25) is 9.69 Å². The van der Waals surface area contributed by atoms with Crippen molar-refractivity contribution in [2.45, 2.75) is 45.1 Å². The smallest absolute Gasteiger partial charge is 0.176 e. The van der Waals surface area contributed by atoms with E-state index in [1.54, 1.807) is 18.2 Å². The molecule has 0 radical (unpaired) electrons. The number of nitrogens with zero attached hydrogens (tertiary/aromatic N) is 1. The zero-order valence-corrected chi connectivity index (χ0v) is 13.4. The van der Waals surface area contributed by atoms with Gasteiger partial charge >= 0.3 is 0 Å². The summed E-state index contributed by atoms with van der Waals surface area (Å²) in [5.41, 5.74) is 0.647. The van der Waals surface area contributed by atoms with Gasteiger partial charge in [-0.1, -0.05) is 49.4 Å². The molecule has 2 nitrogen and oxygen atoms in total. The minimum Gasteiger partial charge on any atom is -0.293 e. The lowest BCUT2D eigenvalue weighted by Crippen LogP contribution is -2.40. The molecule has 0 bridgehead atoms. The second kappa shape index (κ2) is 7.44. The Balaban J connectivity index is 2.02. The Morgan fingerprint density at radius 2 is 1.90 bits per heavy atom. The van der Waals surface area contributed by atoms with Crippen LogP contribution in [0.1, 0.15) is 49.4 Å². The van der Waals surface area contributed by atoms with Gasteiger partial charge in [-0.2, -0.15) is 0 Å². The average Bonchev–Trinajstić information content (AvgIpc) is 2.48. The van der Waals surface area contributed by atoms with Crippen molar-refractivity contribution in [2.75, 3.05) is 13.1 Å². The first-order valence-corrected chi connectivity index (χ1v) is 8.09. The van der Waals surface area contributed by atoms with Crippen molar-refractivity contribution < 1.29 is 4.79 Å². The molecule has 0 amide bonds. The summed E-state index contributed by atoms with van der Waals surface area (Å²) < 4.78 is 0. The van der Waals surface area contributed by atoms with Crippen LogP contribution in [0.5, 0.6) is 0 Å². The van der Waals surface area contributed by atoms with Crippen LogP contribution in [0.3, 0.4) is 0 Å². The Kier molecular flexibility index (Phi) is 5.88. The first-order valence-electron chi connectivity index (χ1n) is 7.34. The summed E-state index contributed by atoms with van der Waals surface area (Å²) in [6, 6.07) is 5.67. The highest BCUT2D eigenvalue weighted by Gasteiger charge is 2.22. The molecule has 1 aliphatic rings. The number of rotatable bonds is 5. The fourth-order valence-electron chi connectivity index (χ4n) is 2.89. The highest BCUT2D eigenvalue weighted by atomic mass is 35.5. The van der Waals surface area contributed by atoms with Gasteiger partial charge in [-0.15, -0.1) is 0 Å². The SMILES string of the molecule is CCN(CC(=O)c1ccc(Cl)c(Cl)c1)C1CCCCC1. The lowest BCUT2D eigenvalue weighted by molar-refractivity contribution is 0.0868. The number of carbonyl (C=O) groups is 1. The molecule has 1 fully saturated rings. The van der Waals surface area contributed by atoms with E-state index in [4.69, 9.17) is 23.2 Å². The van der Waals surface area contributed by atoms with E-state index in [0.717, 1.165) is 6.54 Å². The lowest BCUT2D eigenvalue weighted by atomic mass is 9.94. The van der Waals surface area contributed by atoms with E-state index in [9.17, 15) is 4.79 Å². The number of Topliss-reactive ketones (excluding diaryl/α,β-unsaturated/α-hetero) is 1. The molecule has 0 N–H and O–H groups in total. The normalized spacial score (nSPS) is 16.6. The Morgan fingerprint density at radius 1 is 1.20 bits per heavy atom. The van der Waals surface area contributed by atoms with Crippen molar-refractivity contribution in [3.05, 3.63) is 33.8 Å². The maximum Gasteiger partial charge on any atom is 0.176 e. The molecule has 20 heavy (non-hydrogen) atoms. The molecule has 0 atom stereocenters. The van der Waals surface area contributed by atoms with Crippen molar-refractivity contribution in [2.24, 2.45) is 0 Å². The standard InChI is InChI=1S/C16H21Cl2NO/c1-2-19(13-6-4-3-5-7-13)11-16(20)12-8-9-14(17)15(18)10-12/h8-10,13H,2-7,11H2,1H3. The quantitative estimate of drug-likeness (QED) is 0.726. The van der Waals surface area contributed by atoms with Crippen molar-refractivity contribution in [1.82, 2.24) is 4.90 Å². The highest BCUT2D eigenvalue weighted by Crippen LogP contribution is 2.25. The van der Waals surface area contributed by atoms with Crippen LogP contribution in [0.15, 0.2) is 18.2 Å². The first kappa shape index (κ1) is 15.8. The first-order chi connectivity index (χ1) is 9.61. The fourth-order valence-corrected chi connectivity index (χ4v) is 3.19. The van der Waals surface area contributed by atoms with E-state index in [1.807, 2.05) is 0 Å². The van der Waals surface area contributed by atoms with Gasteiger partial charge in [0.05, 0.1) is 16.6 Å². The van der Waals surface area contributed by atoms with E-state index in [2.05, 4.69) is 11.8 Å². The second-order valence-corrected chi connectivity index (χ2v) is 6.22. The molecule has 0 aromatic heterocycles. The zero-order chi connectivity index (χ0) is 14.5. The van der Waals surface area contributed by atoms with E-state index in [-0.39, 0.29) is 5.78 Å². The molecule has 0 saturated heterocycles. The number of halogens is 2. The molecule has 1 aromatic carbocycles. The third-order valence-corrected chi connectivity index (χ3v) is 4.82. The van der Waals surface area contributed by atoms with Crippen LogP contribution in [0, 0.1) is 0 Å². The molecule has 2 rings (SSSR count). The van der Waals surface area contributed by atoms with Crippen LogP contribution >= 0.6 is 23.2 Å². The summed E-state index contributed by atoms with van der Waals surface area (Å²) in [6.45, 7) is 3.51. The highest BCUT2D eigenvalue weighted by molar-refractivity contribution is 6.42. The summed E-state index contributed by atoms with van der Waals surface area (Å²) in [7, 11) is 0. The van der Waals surface area contributed by atoms with Gasteiger partial charge in [0.2, 0.25) is 0 Å². The summed E-state index contributed by atoms with van der Waals surface area (Å²) in [5.74, 6) is 0.121. The van der Waals surface area contributed by atoms with Gasteiger partial charge in [-0.05, 0) is 37.6 Å². The minimum atomic E-state index is 0.121. The maximum atomic E-state index is 12.4. The topological polar surface area (TPSA) is 20.3 Å². The van der Waals surface area contributed by atoms with E-state index in [1.165, 1.54) is 32.1 Å². The van der Waals surface area contributed by atoms with Crippen LogP contribution in [-0.2, 0) is 0 Å². The van der Waals surface area contributed by atoms with E-state index in [0.29, 0.717) is 28.2 Å². The Morgan fingerprint density at radius 3 is 2.50 bits per heavy atom. The fraction of sp³-hybridized carbons (Fsp3) is 0.562. The number of carbonyl (C=O) groups excluding carboxylic acids is 1. The molecule has 110 valence electrons. The van der Waals surface area contributed by atoms with Crippen LogP contribution < -0.4 is 0 Å². The second-order valence-electron chi connectivity index (χ2n) is 5.41. The van der Waals surface area contributed by atoms with Crippen molar-refractivity contribution in [3.63, 3.8) is 0 Å². The average molecular weight is 314 g/mol. The Labute approximate surface area is 131 Å². The van der Waals surface area contributed by atoms with Crippen LogP contribution in [0.25, 0.3) is 0 Å². The molecular formula is C16H21Cl2NO. The number of ketones is 1. The van der Waals surface area contributed by atoms with Crippen LogP contribution in [0.4, 0.5) is 0 Å². The molecule has 1 saturated carbocycles. The minimum absolute atomic E-state index is 0.121. The molecule has 1 aromatic rings. The van der Waals surface area contributed by atoms with Gasteiger partial charge in [-0.25, -0.2) is 0 Å². The predicted molar refractivity (Wildman–Crippen MR) is 84.9 cm³/mol. The maximum absolute atomic E-state index is 12.4. The molecule has 0 spiro atoms. The third kappa shape index (κ3) is 3.97. The summed E-state index contributed by atoms with van der Waals surface area (Å²) in [5, 5.41) is 0.932. The van der Waals surface area contributed by atoms with Crippen molar-refractivity contribution in [1.29, 1.82) is 0 Å². The summed E-state index contributed by atoms with van der Waals surface area (Å²) >= 11 is 11.9. The molecule has 0 heterocycles. The summed E-state index contributed by atoms with van der Waals surface area (Å²) in [6.07, 6.45) is 6.31. The molecular weight excluding hydrogens is 293 g/mol. The molecule has 0 unspecified atom stereocenters. The molecule has 1 aliphatic carbocycles. The van der Waals surface area contributed by atoms with Gasteiger partial charge < -0.3 is 0 Å². The van der Waals surface area contributed by atoms with Crippen LogP contribution in [-0.4, -0.2) is 29.8 Å². The summed E-state index contributed by atoms with van der Waals surface area (Å²) in [4.78, 5) is 14.7. The Bertz CT molecular complexity index is 470. The predicted octanol–water partition coefficient (Wildman–Crippen LogP) is 4.83. The van der Waals surface area contributed by atoms with Crippen molar-refractivity contribution >= 4 is 29.0 Å². The molecule has 4 heteroatoms. The largest absolute Gasteiger partial charge is 0.293 e. The zero-order valence-electron chi connectivity index (χ0n) is 11.9. The van der Waals surface area contributed by atoms with Gasteiger partial charge in [0, 0.05) is 11.6 Å². The monoisotopic (exact) mass is 313 g/mol. The number of hydrogen-bond donors (Lipinski definition) is 0.